The molecule has 1 aromatic carbocycles. The second-order valence-corrected chi connectivity index (χ2v) is 3.44. The largest absolute Gasteiger partial charge is 0.237 e. The van der Waals surface area contributed by atoms with E-state index in [1.807, 2.05) is 18.2 Å². The van der Waals surface area contributed by atoms with Gasteiger partial charge in [-0.2, -0.15) is 5.26 Å². The van der Waals surface area contributed by atoms with Crippen LogP contribution in [0.15, 0.2) is 24.3 Å². The number of benzene rings is 1. The molecule has 2 nitrogen and oxygen atoms in total. The molecule has 0 amide bonds. The van der Waals surface area contributed by atoms with Gasteiger partial charge in [-0.25, -0.2) is 4.98 Å². The fourth-order valence-corrected chi connectivity index (χ4v) is 1.45. The summed E-state index contributed by atoms with van der Waals surface area (Å²) in [5.41, 5.74) is 3.83. The summed E-state index contributed by atoms with van der Waals surface area (Å²) in [4.78, 5) is 4.23. The molecule has 0 atom stereocenters. The Morgan fingerprint density at radius 1 is 1.14 bits per heavy atom. The number of aromatic nitrogens is 1. The first-order valence-electron chi connectivity index (χ1n) is 4.49. The molecule has 14 heavy (non-hydrogen) atoms. The summed E-state index contributed by atoms with van der Waals surface area (Å²) in [6.07, 6.45) is 0. The molecule has 1 heterocycles. The molecule has 0 aliphatic rings. The fourth-order valence-electron chi connectivity index (χ4n) is 1.45. The van der Waals surface area contributed by atoms with E-state index in [1.54, 1.807) is 6.07 Å². The third-order valence-electron chi connectivity index (χ3n) is 2.42. The minimum Gasteiger partial charge on any atom is -0.237 e. The van der Waals surface area contributed by atoms with Crippen molar-refractivity contribution >= 4 is 10.9 Å². The number of aryl methyl sites for hydroxylation is 2. The summed E-state index contributed by atoms with van der Waals surface area (Å²) in [6.45, 7) is 4.13. The topological polar surface area (TPSA) is 36.7 Å². The van der Waals surface area contributed by atoms with Gasteiger partial charge in [0.05, 0.1) is 5.52 Å². The first kappa shape index (κ1) is 8.71. The van der Waals surface area contributed by atoms with Crippen molar-refractivity contribution in [1.82, 2.24) is 4.98 Å². The van der Waals surface area contributed by atoms with Crippen molar-refractivity contribution in [1.29, 1.82) is 5.26 Å². The van der Waals surface area contributed by atoms with Gasteiger partial charge in [-0.1, -0.05) is 0 Å². The predicted molar refractivity (Wildman–Crippen MR) is 55.9 cm³/mol. The summed E-state index contributed by atoms with van der Waals surface area (Å²) in [6, 6.07) is 9.84. The van der Waals surface area contributed by atoms with Gasteiger partial charge in [0.15, 0.2) is 0 Å². The molecule has 2 rings (SSSR count). The number of nitrogens with zero attached hydrogens (tertiary/aromatic N) is 2. The maximum Gasteiger partial charge on any atom is 0.141 e. The number of hydrogen-bond donors (Lipinski definition) is 0. The van der Waals surface area contributed by atoms with Gasteiger partial charge in [0, 0.05) is 5.39 Å². The number of nitriles is 1. The third kappa shape index (κ3) is 1.33. The average Bonchev–Trinajstić information content (AvgIpc) is 2.19. The number of rotatable bonds is 0. The van der Waals surface area contributed by atoms with E-state index in [0.29, 0.717) is 5.69 Å². The van der Waals surface area contributed by atoms with Crippen LogP contribution in [0.3, 0.4) is 0 Å². The van der Waals surface area contributed by atoms with E-state index in [4.69, 9.17) is 5.26 Å². The lowest BCUT2D eigenvalue weighted by atomic mass is 10.1. The van der Waals surface area contributed by atoms with E-state index in [2.05, 4.69) is 24.9 Å². The molecule has 0 aliphatic carbocycles. The highest BCUT2D eigenvalue weighted by molar-refractivity contribution is 5.80. The summed E-state index contributed by atoms with van der Waals surface area (Å²) < 4.78 is 0. The van der Waals surface area contributed by atoms with Gasteiger partial charge in [0.25, 0.3) is 0 Å². The lowest BCUT2D eigenvalue weighted by Gasteiger charge is -2.02. The van der Waals surface area contributed by atoms with Gasteiger partial charge in [-0.3, -0.25) is 0 Å². The zero-order valence-electron chi connectivity index (χ0n) is 8.20. The molecule has 0 N–H and O–H groups in total. The normalized spacial score (nSPS) is 10.1. The van der Waals surface area contributed by atoms with Crippen LogP contribution in [0.25, 0.3) is 10.9 Å². The third-order valence-corrected chi connectivity index (χ3v) is 2.42. The molecule has 0 fully saturated rings. The van der Waals surface area contributed by atoms with Crippen LogP contribution in [0.5, 0.6) is 0 Å². The molecule has 0 unspecified atom stereocenters. The Morgan fingerprint density at radius 3 is 2.57 bits per heavy atom. The molecule has 1 aromatic heterocycles. The van der Waals surface area contributed by atoms with Crippen molar-refractivity contribution in [2.45, 2.75) is 13.8 Å². The SMILES string of the molecule is Cc1cc2ccc(C#N)nc2cc1C. The van der Waals surface area contributed by atoms with E-state index in [0.717, 1.165) is 10.9 Å². The van der Waals surface area contributed by atoms with Crippen molar-refractivity contribution in [2.24, 2.45) is 0 Å². The van der Waals surface area contributed by atoms with Crippen LogP contribution in [0.2, 0.25) is 0 Å². The van der Waals surface area contributed by atoms with Crippen LogP contribution in [0, 0.1) is 25.2 Å². The summed E-state index contributed by atoms with van der Waals surface area (Å²) in [5.74, 6) is 0. The molecule has 68 valence electrons. The monoisotopic (exact) mass is 182 g/mol. The van der Waals surface area contributed by atoms with E-state index in [1.165, 1.54) is 11.1 Å². The molecule has 2 heteroatoms. The predicted octanol–water partition coefficient (Wildman–Crippen LogP) is 2.72. The number of pyridine rings is 1. The molecule has 0 aliphatic heterocycles. The van der Waals surface area contributed by atoms with Gasteiger partial charge >= 0.3 is 0 Å². The summed E-state index contributed by atoms with van der Waals surface area (Å²) >= 11 is 0. The van der Waals surface area contributed by atoms with Gasteiger partial charge in [-0.15, -0.1) is 0 Å². The number of fused-ring (bicyclic) bond motifs is 1. The zero-order chi connectivity index (χ0) is 10.1. The molecule has 0 saturated carbocycles. The van der Waals surface area contributed by atoms with Crippen molar-refractivity contribution in [3.8, 4) is 6.07 Å². The van der Waals surface area contributed by atoms with Crippen molar-refractivity contribution in [3.05, 3.63) is 41.1 Å². The fraction of sp³-hybridized carbons (Fsp3) is 0.167. The summed E-state index contributed by atoms with van der Waals surface area (Å²) in [5, 5.41) is 9.80. The van der Waals surface area contributed by atoms with Crippen LogP contribution in [-0.2, 0) is 0 Å². The highest BCUT2D eigenvalue weighted by Gasteiger charge is 2.00. The Balaban J connectivity index is 2.78. The molecule has 0 bridgehead atoms. The number of hydrogen-bond acceptors (Lipinski definition) is 2. The van der Waals surface area contributed by atoms with Gasteiger partial charge in [0.2, 0.25) is 0 Å². The lowest BCUT2D eigenvalue weighted by molar-refractivity contribution is 1.29. The van der Waals surface area contributed by atoms with E-state index in [-0.39, 0.29) is 0 Å². The maximum atomic E-state index is 8.71. The standard InChI is InChI=1S/C12H10N2/c1-8-5-10-3-4-11(7-13)14-12(10)6-9(8)2/h3-6H,1-2H3. The van der Waals surface area contributed by atoms with Crippen LogP contribution in [0.1, 0.15) is 16.8 Å². The Kier molecular flexibility index (Phi) is 1.94. The molecular weight excluding hydrogens is 172 g/mol. The zero-order valence-corrected chi connectivity index (χ0v) is 8.20. The first-order valence-corrected chi connectivity index (χ1v) is 4.49. The highest BCUT2D eigenvalue weighted by atomic mass is 14.7. The lowest BCUT2D eigenvalue weighted by Crippen LogP contribution is -1.87. The van der Waals surface area contributed by atoms with Crippen LogP contribution < -0.4 is 0 Å². The van der Waals surface area contributed by atoms with E-state index >= 15 is 0 Å². The Morgan fingerprint density at radius 2 is 1.86 bits per heavy atom. The van der Waals surface area contributed by atoms with Crippen molar-refractivity contribution in [2.75, 3.05) is 0 Å². The Hall–Kier alpha value is -1.88. The van der Waals surface area contributed by atoms with E-state index < -0.39 is 0 Å². The second-order valence-electron chi connectivity index (χ2n) is 3.44. The molecule has 2 aromatic rings. The average molecular weight is 182 g/mol. The molecular formula is C12H10N2. The Labute approximate surface area is 82.8 Å². The molecule has 0 radical (unpaired) electrons. The van der Waals surface area contributed by atoms with Gasteiger partial charge < -0.3 is 0 Å². The minimum atomic E-state index is 0.473. The molecule has 0 saturated heterocycles. The minimum absolute atomic E-state index is 0.473. The maximum absolute atomic E-state index is 8.71. The smallest absolute Gasteiger partial charge is 0.141 e. The van der Waals surface area contributed by atoms with Crippen molar-refractivity contribution < 1.29 is 0 Å². The Bertz CT molecular complexity index is 536. The van der Waals surface area contributed by atoms with Crippen molar-refractivity contribution in [3.63, 3.8) is 0 Å². The second kappa shape index (κ2) is 3.12. The van der Waals surface area contributed by atoms with Crippen LogP contribution >= 0.6 is 0 Å². The van der Waals surface area contributed by atoms with Gasteiger partial charge in [0.1, 0.15) is 11.8 Å². The quantitative estimate of drug-likeness (QED) is 0.628. The highest BCUT2D eigenvalue weighted by Crippen LogP contribution is 2.17. The van der Waals surface area contributed by atoms with Gasteiger partial charge in [-0.05, 0) is 49.2 Å². The first-order chi connectivity index (χ1) is 6.70. The van der Waals surface area contributed by atoms with Crippen LogP contribution in [0.4, 0.5) is 0 Å². The summed E-state index contributed by atoms with van der Waals surface area (Å²) in [7, 11) is 0. The van der Waals surface area contributed by atoms with E-state index in [9.17, 15) is 0 Å². The molecule has 0 spiro atoms. The van der Waals surface area contributed by atoms with Crippen LogP contribution in [-0.4, -0.2) is 4.98 Å².